The highest BCUT2D eigenvalue weighted by atomic mass is 16.7. The van der Waals surface area contributed by atoms with Gasteiger partial charge in [-0.25, -0.2) is 4.98 Å². The zero-order valence-electron chi connectivity index (χ0n) is 19.8. The third-order valence-electron chi connectivity index (χ3n) is 6.25. The van der Waals surface area contributed by atoms with Gasteiger partial charge in [-0.2, -0.15) is 0 Å². The van der Waals surface area contributed by atoms with Crippen molar-refractivity contribution in [2.24, 2.45) is 0 Å². The molecular formula is C26H25N3O7. The van der Waals surface area contributed by atoms with Crippen LogP contribution < -0.4 is 18.9 Å². The lowest BCUT2D eigenvalue weighted by molar-refractivity contribution is -0.139. The van der Waals surface area contributed by atoms with Crippen LogP contribution >= 0.6 is 0 Å². The number of hydrogen-bond donors (Lipinski definition) is 1. The monoisotopic (exact) mass is 491 g/mol. The second-order valence-corrected chi connectivity index (χ2v) is 8.34. The molecule has 1 N–H and O–H groups in total. The predicted molar refractivity (Wildman–Crippen MR) is 128 cm³/mol. The minimum Gasteiger partial charge on any atom is -0.507 e. The van der Waals surface area contributed by atoms with Crippen molar-refractivity contribution < 1.29 is 33.6 Å². The Morgan fingerprint density at radius 1 is 1.14 bits per heavy atom. The Morgan fingerprint density at radius 3 is 2.75 bits per heavy atom. The van der Waals surface area contributed by atoms with Crippen LogP contribution in [0.1, 0.15) is 23.6 Å². The van der Waals surface area contributed by atoms with Gasteiger partial charge in [-0.15, -0.1) is 0 Å². The van der Waals surface area contributed by atoms with E-state index < -0.39 is 17.7 Å². The van der Waals surface area contributed by atoms with E-state index >= 15 is 0 Å². The molecule has 0 aliphatic carbocycles. The summed E-state index contributed by atoms with van der Waals surface area (Å²) in [6.07, 6.45) is 5.77. The number of nitrogens with zero attached hydrogens (tertiary/aromatic N) is 3. The molecule has 1 amide bonds. The topological polar surface area (TPSA) is 112 Å². The van der Waals surface area contributed by atoms with Gasteiger partial charge in [0.15, 0.2) is 11.5 Å². The van der Waals surface area contributed by atoms with Crippen molar-refractivity contribution in [3.05, 3.63) is 71.8 Å². The average molecular weight is 492 g/mol. The zero-order valence-corrected chi connectivity index (χ0v) is 19.8. The van der Waals surface area contributed by atoms with E-state index in [1.807, 2.05) is 10.8 Å². The minimum atomic E-state index is -0.859. The van der Waals surface area contributed by atoms with E-state index in [1.54, 1.807) is 48.9 Å². The number of likely N-dealkylation sites (tertiary alicyclic amines) is 1. The molecule has 1 saturated heterocycles. The van der Waals surface area contributed by atoms with Crippen molar-refractivity contribution in [3.63, 3.8) is 0 Å². The van der Waals surface area contributed by atoms with Crippen molar-refractivity contribution in [1.82, 2.24) is 14.5 Å². The van der Waals surface area contributed by atoms with Crippen molar-refractivity contribution in [3.8, 4) is 23.0 Å². The number of imidazole rings is 1. The van der Waals surface area contributed by atoms with E-state index in [-0.39, 0.29) is 24.7 Å². The van der Waals surface area contributed by atoms with Gasteiger partial charge in [0, 0.05) is 31.0 Å². The normalized spacial score (nSPS) is 18.1. The zero-order chi connectivity index (χ0) is 25.2. The number of hydrogen-bond acceptors (Lipinski definition) is 8. The molecule has 1 fully saturated rings. The number of Topliss-reactive ketones (excluding diaryl/α,β-unsaturated/α-hetero) is 1. The molecule has 3 aromatic rings. The summed E-state index contributed by atoms with van der Waals surface area (Å²) in [6.45, 7) is 0.916. The van der Waals surface area contributed by atoms with E-state index in [2.05, 4.69) is 4.98 Å². The van der Waals surface area contributed by atoms with Gasteiger partial charge in [0.05, 0.1) is 32.2 Å². The van der Waals surface area contributed by atoms with Gasteiger partial charge in [0.2, 0.25) is 12.5 Å². The number of ketones is 1. The number of methoxy groups -OCH3 is 2. The molecule has 2 aromatic carbocycles. The van der Waals surface area contributed by atoms with E-state index in [4.69, 9.17) is 18.9 Å². The van der Waals surface area contributed by atoms with Gasteiger partial charge in [-0.05, 0) is 36.2 Å². The SMILES string of the molecule is COc1cccc(C(O)=C2C(=O)C(=O)N(CCCn3ccnc3)C2c2cc(OC)c3c(c2)OCO3)c1. The van der Waals surface area contributed by atoms with Gasteiger partial charge in [-0.1, -0.05) is 12.1 Å². The highest BCUT2D eigenvalue weighted by Crippen LogP contribution is 2.47. The number of ether oxygens (including phenoxy) is 4. The number of aryl methyl sites for hydroxylation is 1. The quantitative estimate of drug-likeness (QED) is 0.291. The lowest BCUT2D eigenvalue weighted by Gasteiger charge is -2.26. The maximum atomic E-state index is 13.3. The Labute approximate surface area is 207 Å². The van der Waals surface area contributed by atoms with Crippen LogP contribution in [-0.2, 0) is 16.1 Å². The molecule has 0 saturated carbocycles. The molecule has 186 valence electrons. The number of aliphatic hydroxyl groups is 1. The highest BCUT2D eigenvalue weighted by Gasteiger charge is 2.46. The third kappa shape index (κ3) is 4.10. The highest BCUT2D eigenvalue weighted by molar-refractivity contribution is 6.46. The molecule has 3 heterocycles. The Morgan fingerprint density at radius 2 is 2.00 bits per heavy atom. The van der Waals surface area contributed by atoms with Crippen molar-refractivity contribution >= 4 is 17.4 Å². The second kappa shape index (κ2) is 9.65. The minimum absolute atomic E-state index is 0.0168. The van der Waals surface area contributed by atoms with Crippen molar-refractivity contribution in [2.75, 3.05) is 27.6 Å². The van der Waals surface area contributed by atoms with Crippen LogP contribution in [0.5, 0.6) is 23.0 Å². The molecule has 0 spiro atoms. The first-order chi connectivity index (χ1) is 17.5. The summed E-state index contributed by atoms with van der Waals surface area (Å²) < 4.78 is 23.7. The summed E-state index contributed by atoms with van der Waals surface area (Å²) in [5.41, 5.74) is 0.905. The number of amides is 1. The number of aromatic nitrogens is 2. The Balaban J connectivity index is 1.60. The molecule has 1 atom stereocenters. The summed E-state index contributed by atoms with van der Waals surface area (Å²) in [4.78, 5) is 32.1. The lowest BCUT2D eigenvalue weighted by atomic mass is 9.94. The maximum absolute atomic E-state index is 13.3. The van der Waals surface area contributed by atoms with Crippen LogP contribution in [0.4, 0.5) is 0 Å². The number of rotatable bonds is 8. The molecule has 0 radical (unpaired) electrons. The summed E-state index contributed by atoms with van der Waals surface area (Å²) in [5, 5.41) is 11.3. The van der Waals surface area contributed by atoms with Gasteiger partial charge < -0.3 is 33.5 Å². The van der Waals surface area contributed by atoms with E-state index in [0.29, 0.717) is 47.1 Å². The molecule has 1 unspecified atom stereocenters. The number of aliphatic hydroxyl groups excluding tert-OH is 1. The first-order valence-corrected chi connectivity index (χ1v) is 11.4. The van der Waals surface area contributed by atoms with Crippen LogP contribution in [0.15, 0.2) is 60.7 Å². The number of carbonyl (C=O) groups excluding carboxylic acids is 2. The fourth-order valence-corrected chi connectivity index (χ4v) is 4.53. The van der Waals surface area contributed by atoms with E-state index in [9.17, 15) is 14.7 Å². The van der Waals surface area contributed by atoms with Crippen LogP contribution in [0, 0.1) is 0 Å². The van der Waals surface area contributed by atoms with Crippen LogP contribution in [0.2, 0.25) is 0 Å². The van der Waals surface area contributed by atoms with Gasteiger partial charge >= 0.3 is 0 Å². The maximum Gasteiger partial charge on any atom is 0.295 e. The predicted octanol–water partition coefficient (Wildman–Crippen LogP) is 3.14. The van der Waals surface area contributed by atoms with E-state index in [0.717, 1.165) is 0 Å². The molecule has 36 heavy (non-hydrogen) atoms. The van der Waals surface area contributed by atoms with Crippen LogP contribution in [-0.4, -0.2) is 58.8 Å². The van der Waals surface area contributed by atoms with Crippen molar-refractivity contribution in [2.45, 2.75) is 19.0 Å². The fourth-order valence-electron chi connectivity index (χ4n) is 4.53. The summed E-state index contributed by atoms with van der Waals surface area (Å²) in [6, 6.07) is 9.25. The van der Waals surface area contributed by atoms with Crippen LogP contribution in [0.3, 0.4) is 0 Å². The van der Waals surface area contributed by atoms with Gasteiger partial charge in [0.25, 0.3) is 11.7 Å². The number of carbonyl (C=O) groups is 2. The van der Waals surface area contributed by atoms with Crippen molar-refractivity contribution in [1.29, 1.82) is 0 Å². The molecular weight excluding hydrogens is 466 g/mol. The first kappa shape index (κ1) is 23.3. The lowest BCUT2D eigenvalue weighted by Crippen LogP contribution is -2.31. The average Bonchev–Trinajstić information content (AvgIpc) is 3.65. The Kier molecular flexibility index (Phi) is 6.24. The Bertz CT molecular complexity index is 1330. The largest absolute Gasteiger partial charge is 0.507 e. The van der Waals surface area contributed by atoms with E-state index in [1.165, 1.54) is 19.1 Å². The molecule has 0 bridgehead atoms. The van der Waals surface area contributed by atoms with Gasteiger partial charge in [-0.3, -0.25) is 9.59 Å². The summed E-state index contributed by atoms with van der Waals surface area (Å²) in [5.74, 6) is 0.0680. The molecule has 5 rings (SSSR count). The number of benzene rings is 2. The molecule has 2 aliphatic rings. The Hall–Kier alpha value is -4.47. The van der Waals surface area contributed by atoms with Crippen LogP contribution in [0.25, 0.3) is 5.76 Å². The smallest absolute Gasteiger partial charge is 0.295 e. The molecule has 1 aromatic heterocycles. The summed E-state index contributed by atoms with van der Waals surface area (Å²) in [7, 11) is 3.01. The third-order valence-corrected chi connectivity index (χ3v) is 6.25. The molecule has 2 aliphatic heterocycles. The standard InChI is InChI=1S/C26H25N3O7/c1-33-18-6-3-5-16(11-18)23(30)21-22(17-12-19(34-2)25-20(13-17)35-15-36-25)29(26(32)24(21)31)9-4-8-28-10-7-27-14-28/h3,5-7,10-14,22,30H,4,8-9,15H2,1-2H3. The molecule has 10 nitrogen and oxygen atoms in total. The first-order valence-electron chi connectivity index (χ1n) is 11.4. The summed E-state index contributed by atoms with van der Waals surface area (Å²) >= 11 is 0. The van der Waals surface area contributed by atoms with Gasteiger partial charge in [0.1, 0.15) is 11.5 Å². The molecule has 10 heteroatoms. The number of fused-ring (bicyclic) bond motifs is 1. The second-order valence-electron chi connectivity index (χ2n) is 8.34. The fraction of sp³-hybridized carbons (Fsp3) is 0.269.